The molecule has 0 spiro atoms. The monoisotopic (exact) mass is 196 g/mol. The molecule has 1 aliphatic rings. The molecule has 0 aromatic rings. The molecule has 78 valence electrons. The highest BCUT2D eigenvalue weighted by atomic mass is 16.6. The van der Waals surface area contributed by atoms with Crippen molar-refractivity contribution in [2.45, 2.75) is 39.3 Å². The van der Waals surface area contributed by atoms with Crippen LogP contribution in [0.15, 0.2) is 0 Å². The number of nitrogens with zero attached hydrogens (tertiary/aromatic N) is 2. The molecule has 1 rings (SSSR count). The molecule has 1 saturated heterocycles. The van der Waals surface area contributed by atoms with Crippen molar-refractivity contribution < 1.29 is 9.53 Å². The minimum absolute atomic E-state index is 0.0187. The van der Waals surface area contributed by atoms with Gasteiger partial charge in [0.05, 0.1) is 12.0 Å². The third kappa shape index (κ3) is 2.16. The van der Waals surface area contributed by atoms with Gasteiger partial charge in [-0.3, -0.25) is 0 Å². The molecular weight excluding hydrogens is 180 g/mol. The fourth-order valence-corrected chi connectivity index (χ4v) is 1.32. The van der Waals surface area contributed by atoms with Crippen molar-refractivity contribution in [3.8, 4) is 6.07 Å². The van der Waals surface area contributed by atoms with E-state index in [0.29, 0.717) is 6.54 Å². The first kappa shape index (κ1) is 10.8. The molecule has 4 heteroatoms. The summed E-state index contributed by atoms with van der Waals surface area (Å²) >= 11 is 0. The van der Waals surface area contributed by atoms with Crippen molar-refractivity contribution in [2.24, 2.45) is 5.92 Å². The molecule has 1 amide bonds. The third-order valence-corrected chi connectivity index (χ3v) is 2.26. The van der Waals surface area contributed by atoms with Crippen molar-refractivity contribution in [3.63, 3.8) is 0 Å². The standard InChI is InChI=1S/C10H16N2O2/c1-7-8(5-11)6-12(7)9(13)14-10(2,3)4/h7-8H,6H2,1-4H3/t7-,8?/m0/s1. The molecule has 4 nitrogen and oxygen atoms in total. The van der Waals surface area contributed by atoms with Crippen LogP contribution in [0.1, 0.15) is 27.7 Å². The van der Waals surface area contributed by atoms with Crippen LogP contribution in [0.3, 0.4) is 0 Å². The van der Waals surface area contributed by atoms with Crippen LogP contribution in [0.2, 0.25) is 0 Å². The van der Waals surface area contributed by atoms with Gasteiger partial charge in [-0.05, 0) is 27.7 Å². The topological polar surface area (TPSA) is 53.3 Å². The Balaban J connectivity index is 2.47. The summed E-state index contributed by atoms with van der Waals surface area (Å²) in [6, 6.07) is 2.13. The van der Waals surface area contributed by atoms with Crippen molar-refractivity contribution >= 4 is 6.09 Å². The molecular formula is C10H16N2O2. The van der Waals surface area contributed by atoms with Crippen LogP contribution in [0.4, 0.5) is 4.79 Å². The number of carbonyl (C=O) groups is 1. The largest absolute Gasteiger partial charge is 0.444 e. The average molecular weight is 196 g/mol. The van der Waals surface area contributed by atoms with Gasteiger partial charge in [0, 0.05) is 12.6 Å². The molecule has 1 heterocycles. The summed E-state index contributed by atoms with van der Waals surface area (Å²) in [7, 11) is 0. The maximum absolute atomic E-state index is 11.5. The second-order valence-electron chi connectivity index (χ2n) is 4.61. The predicted octanol–water partition coefficient (Wildman–Crippen LogP) is 1.77. The molecule has 1 fully saturated rings. The predicted molar refractivity (Wildman–Crippen MR) is 51.5 cm³/mol. The molecule has 1 aliphatic heterocycles. The summed E-state index contributed by atoms with van der Waals surface area (Å²) in [5.41, 5.74) is -0.464. The van der Waals surface area contributed by atoms with E-state index in [1.807, 2.05) is 27.7 Å². The highest BCUT2D eigenvalue weighted by molar-refractivity contribution is 5.70. The van der Waals surface area contributed by atoms with Crippen LogP contribution in [0, 0.1) is 17.2 Å². The van der Waals surface area contributed by atoms with Gasteiger partial charge in [0.2, 0.25) is 0 Å². The number of carbonyl (C=O) groups excluding carboxylic acids is 1. The van der Waals surface area contributed by atoms with Gasteiger partial charge in [0.15, 0.2) is 0 Å². The Kier molecular flexibility index (Phi) is 2.70. The molecule has 1 unspecified atom stereocenters. The SMILES string of the molecule is C[C@H]1C(C#N)CN1C(=O)OC(C)(C)C. The fraction of sp³-hybridized carbons (Fsp3) is 0.800. The van der Waals surface area contributed by atoms with Crippen LogP contribution in [-0.2, 0) is 4.74 Å². The van der Waals surface area contributed by atoms with Crippen LogP contribution >= 0.6 is 0 Å². The zero-order chi connectivity index (χ0) is 10.9. The van der Waals surface area contributed by atoms with Crippen molar-refractivity contribution in [1.29, 1.82) is 5.26 Å². The van der Waals surface area contributed by atoms with Gasteiger partial charge in [0.1, 0.15) is 5.60 Å². The molecule has 0 aliphatic carbocycles. The van der Waals surface area contributed by atoms with E-state index in [9.17, 15) is 4.79 Å². The zero-order valence-corrected chi connectivity index (χ0v) is 9.07. The molecule has 14 heavy (non-hydrogen) atoms. The normalized spacial score (nSPS) is 26.4. The highest BCUT2D eigenvalue weighted by Crippen LogP contribution is 2.25. The highest BCUT2D eigenvalue weighted by Gasteiger charge is 2.40. The Hall–Kier alpha value is -1.24. The minimum Gasteiger partial charge on any atom is -0.444 e. The van der Waals surface area contributed by atoms with E-state index in [-0.39, 0.29) is 18.1 Å². The number of nitriles is 1. The lowest BCUT2D eigenvalue weighted by atomic mass is 9.92. The summed E-state index contributed by atoms with van der Waals surface area (Å²) in [6.07, 6.45) is -0.323. The van der Waals surface area contributed by atoms with Crippen LogP contribution in [0.25, 0.3) is 0 Å². The fourth-order valence-electron chi connectivity index (χ4n) is 1.32. The number of ether oxygens (including phenoxy) is 1. The first-order chi connectivity index (χ1) is 6.35. The van der Waals surface area contributed by atoms with Crippen LogP contribution in [-0.4, -0.2) is 29.2 Å². The molecule has 0 aromatic heterocycles. The zero-order valence-electron chi connectivity index (χ0n) is 9.07. The second-order valence-corrected chi connectivity index (χ2v) is 4.61. The van der Waals surface area contributed by atoms with E-state index in [0.717, 1.165) is 0 Å². The molecule has 2 atom stereocenters. The summed E-state index contributed by atoms with van der Waals surface area (Å²) in [5, 5.41) is 8.66. The van der Waals surface area contributed by atoms with Gasteiger partial charge < -0.3 is 9.64 Å². The van der Waals surface area contributed by atoms with Gasteiger partial charge in [-0.2, -0.15) is 5.26 Å². The van der Waals surface area contributed by atoms with Gasteiger partial charge in [-0.15, -0.1) is 0 Å². The van der Waals surface area contributed by atoms with Gasteiger partial charge in [-0.1, -0.05) is 0 Å². The van der Waals surface area contributed by atoms with Gasteiger partial charge in [-0.25, -0.2) is 4.79 Å². The first-order valence-corrected chi connectivity index (χ1v) is 4.74. The third-order valence-electron chi connectivity index (χ3n) is 2.26. The Morgan fingerprint density at radius 1 is 1.57 bits per heavy atom. The van der Waals surface area contributed by atoms with Crippen molar-refractivity contribution in [2.75, 3.05) is 6.54 Å². The van der Waals surface area contributed by atoms with Gasteiger partial charge >= 0.3 is 6.09 Å². The molecule has 0 saturated carbocycles. The van der Waals surface area contributed by atoms with E-state index in [2.05, 4.69) is 6.07 Å². The maximum Gasteiger partial charge on any atom is 0.410 e. The smallest absolute Gasteiger partial charge is 0.410 e. The lowest BCUT2D eigenvalue weighted by Crippen LogP contribution is -2.57. The summed E-state index contributed by atoms with van der Waals surface area (Å²) in [5.74, 6) is -0.0393. The van der Waals surface area contributed by atoms with E-state index < -0.39 is 5.60 Å². The van der Waals surface area contributed by atoms with Gasteiger partial charge in [0.25, 0.3) is 0 Å². The summed E-state index contributed by atoms with van der Waals surface area (Å²) in [4.78, 5) is 13.1. The summed E-state index contributed by atoms with van der Waals surface area (Å²) in [6.45, 7) is 7.85. The van der Waals surface area contributed by atoms with Crippen LogP contribution < -0.4 is 0 Å². The number of hydrogen-bond donors (Lipinski definition) is 0. The number of hydrogen-bond acceptors (Lipinski definition) is 3. The lowest BCUT2D eigenvalue weighted by Gasteiger charge is -2.42. The van der Waals surface area contributed by atoms with E-state index >= 15 is 0 Å². The van der Waals surface area contributed by atoms with Crippen molar-refractivity contribution in [3.05, 3.63) is 0 Å². The Labute approximate surface area is 84.4 Å². The Morgan fingerprint density at radius 2 is 2.14 bits per heavy atom. The quantitative estimate of drug-likeness (QED) is 0.593. The summed E-state index contributed by atoms with van der Waals surface area (Å²) < 4.78 is 5.18. The Bertz CT molecular complexity index is 275. The first-order valence-electron chi connectivity index (χ1n) is 4.74. The number of rotatable bonds is 0. The number of likely N-dealkylation sites (tertiary alicyclic amines) is 1. The maximum atomic E-state index is 11.5. The average Bonchev–Trinajstić information content (AvgIpc) is 1.99. The van der Waals surface area contributed by atoms with Crippen LogP contribution in [0.5, 0.6) is 0 Å². The minimum atomic E-state index is -0.464. The molecule has 0 radical (unpaired) electrons. The number of amides is 1. The Morgan fingerprint density at radius 3 is 2.50 bits per heavy atom. The molecule has 0 N–H and O–H groups in total. The molecule has 0 bridgehead atoms. The van der Waals surface area contributed by atoms with E-state index in [1.165, 1.54) is 0 Å². The van der Waals surface area contributed by atoms with Crippen molar-refractivity contribution in [1.82, 2.24) is 4.90 Å². The second kappa shape index (κ2) is 3.49. The lowest BCUT2D eigenvalue weighted by molar-refractivity contribution is -0.0139. The van der Waals surface area contributed by atoms with E-state index in [4.69, 9.17) is 10.00 Å². The van der Waals surface area contributed by atoms with E-state index in [1.54, 1.807) is 4.90 Å². The molecule has 0 aromatic carbocycles.